The smallest absolute Gasteiger partial charge is 0.234 e. The largest absolute Gasteiger partial charge is 0.398 e. The van der Waals surface area contributed by atoms with Gasteiger partial charge in [0.15, 0.2) is 11.0 Å². The van der Waals surface area contributed by atoms with Gasteiger partial charge in [-0.15, -0.1) is 10.2 Å². The number of carbonyl (C=O) groups is 1. The molecular weight excluding hydrogens is 358 g/mol. The van der Waals surface area contributed by atoms with Gasteiger partial charge in [-0.25, -0.2) is 0 Å². The lowest BCUT2D eigenvalue weighted by Gasteiger charge is -2.09. The van der Waals surface area contributed by atoms with Gasteiger partial charge in [0.25, 0.3) is 0 Å². The highest BCUT2D eigenvalue weighted by atomic mass is 32.2. The van der Waals surface area contributed by atoms with Crippen LogP contribution >= 0.6 is 11.8 Å². The van der Waals surface area contributed by atoms with Crippen molar-refractivity contribution < 1.29 is 4.79 Å². The minimum Gasteiger partial charge on any atom is -0.398 e. The number of para-hydroxylation sites is 1. The average molecular weight is 382 g/mol. The molecule has 0 spiro atoms. The van der Waals surface area contributed by atoms with Crippen LogP contribution in [0.2, 0.25) is 0 Å². The lowest BCUT2D eigenvalue weighted by Crippen LogP contribution is -2.14. The lowest BCUT2D eigenvalue weighted by molar-refractivity contribution is -0.113. The van der Waals surface area contributed by atoms with Gasteiger partial charge in [0.2, 0.25) is 5.91 Å². The number of nitrogens with zero attached hydrogens (tertiary/aromatic N) is 3. The maximum Gasteiger partial charge on any atom is 0.234 e. The molecule has 0 aliphatic heterocycles. The van der Waals surface area contributed by atoms with E-state index >= 15 is 0 Å². The molecule has 0 atom stereocenters. The topological polar surface area (TPSA) is 85.8 Å². The van der Waals surface area contributed by atoms with Crippen LogP contribution in [-0.2, 0) is 17.8 Å². The fourth-order valence-corrected chi connectivity index (χ4v) is 3.53. The highest BCUT2D eigenvalue weighted by molar-refractivity contribution is 7.99. The molecule has 140 valence electrons. The molecule has 0 aliphatic carbocycles. The van der Waals surface area contributed by atoms with Gasteiger partial charge < -0.3 is 15.6 Å². The number of nitrogen functional groups attached to an aromatic ring is 1. The summed E-state index contributed by atoms with van der Waals surface area (Å²) in [6.45, 7) is 4.82. The highest BCUT2D eigenvalue weighted by Gasteiger charge is 2.16. The van der Waals surface area contributed by atoms with E-state index in [9.17, 15) is 4.79 Å². The minimum absolute atomic E-state index is 0.0734. The zero-order valence-electron chi connectivity index (χ0n) is 15.5. The van der Waals surface area contributed by atoms with Gasteiger partial charge in [0.05, 0.1) is 5.75 Å². The molecule has 0 radical (unpaired) electrons. The van der Waals surface area contributed by atoms with Crippen molar-refractivity contribution in [1.29, 1.82) is 0 Å². The van der Waals surface area contributed by atoms with Crippen LogP contribution in [0.25, 0.3) is 11.4 Å². The molecule has 0 saturated carbocycles. The summed E-state index contributed by atoms with van der Waals surface area (Å²) in [6, 6.07) is 15.5. The van der Waals surface area contributed by atoms with E-state index in [1.54, 1.807) is 0 Å². The number of rotatable bonds is 7. The van der Waals surface area contributed by atoms with Gasteiger partial charge in [-0.2, -0.15) is 0 Å². The molecule has 0 aliphatic rings. The van der Waals surface area contributed by atoms with E-state index in [-0.39, 0.29) is 11.7 Å². The van der Waals surface area contributed by atoms with Crippen molar-refractivity contribution in [3.8, 4) is 11.4 Å². The van der Waals surface area contributed by atoms with Crippen molar-refractivity contribution in [2.24, 2.45) is 0 Å². The van der Waals surface area contributed by atoms with Crippen molar-refractivity contribution in [3.63, 3.8) is 0 Å². The summed E-state index contributed by atoms with van der Waals surface area (Å²) < 4.78 is 1.97. The number of hydrogen-bond acceptors (Lipinski definition) is 5. The Morgan fingerprint density at radius 2 is 1.85 bits per heavy atom. The maximum absolute atomic E-state index is 12.3. The third kappa shape index (κ3) is 4.49. The number of nitrogens with one attached hydrogen (secondary N) is 1. The second-order valence-corrected chi connectivity index (χ2v) is 6.97. The van der Waals surface area contributed by atoms with Crippen LogP contribution in [0.1, 0.15) is 19.4 Å². The zero-order valence-corrected chi connectivity index (χ0v) is 16.3. The lowest BCUT2D eigenvalue weighted by atomic mass is 10.1. The van der Waals surface area contributed by atoms with Gasteiger partial charge in [0, 0.05) is 23.5 Å². The molecule has 6 nitrogen and oxygen atoms in total. The fraction of sp³-hybridized carbons (Fsp3) is 0.250. The van der Waals surface area contributed by atoms with Gasteiger partial charge in [0.1, 0.15) is 0 Å². The number of benzene rings is 2. The third-order valence-electron chi connectivity index (χ3n) is 4.21. The van der Waals surface area contributed by atoms with Crippen LogP contribution in [0.5, 0.6) is 0 Å². The summed E-state index contributed by atoms with van der Waals surface area (Å²) in [4.78, 5) is 12.3. The van der Waals surface area contributed by atoms with Crippen LogP contribution in [0, 0.1) is 0 Å². The number of aromatic nitrogens is 3. The molecule has 27 heavy (non-hydrogen) atoms. The zero-order chi connectivity index (χ0) is 19.2. The Bertz CT molecular complexity index is 920. The Kier molecular flexibility index (Phi) is 6.13. The molecule has 0 fully saturated rings. The Morgan fingerprint density at radius 3 is 2.52 bits per heavy atom. The number of anilines is 2. The molecule has 3 N–H and O–H groups in total. The van der Waals surface area contributed by atoms with Crippen LogP contribution in [-0.4, -0.2) is 26.4 Å². The Balaban J connectivity index is 1.67. The normalized spacial score (nSPS) is 10.7. The van der Waals surface area contributed by atoms with Crippen LogP contribution in [0.4, 0.5) is 11.4 Å². The molecule has 1 heterocycles. The Hall–Kier alpha value is -2.80. The van der Waals surface area contributed by atoms with E-state index in [0.717, 1.165) is 17.7 Å². The number of hydrogen-bond donors (Lipinski definition) is 2. The van der Waals surface area contributed by atoms with Crippen LogP contribution < -0.4 is 11.1 Å². The standard InChI is InChI=1S/C20H23N5OS/c1-3-14-9-11-15(12-10-14)22-18(26)13-27-20-24-23-19(25(20)4-2)16-7-5-6-8-17(16)21/h5-12H,3-4,13,21H2,1-2H3,(H,22,26). The van der Waals surface area contributed by atoms with Gasteiger partial charge in [-0.1, -0.05) is 43.0 Å². The van der Waals surface area contributed by atoms with Crippen molar-refractivity contribution in [2.75, 3.05) is 16.8 Å². The quantitative estimate of drug-likeness (QED) is 0.480. The Morgan fingerprint density at radius 1 is 1.11 bits per heavy atom. The molecule has 0 bridgehead atoms. The van der Waals surface area contributed by atoms with Crippen molar-refractivity contribution in [3.05, 3.63) is 54.1 Å². The van der Waals surface area contributed by atoms with Crippen LogP contribution in [0.3, 0.4) is 0 Å². The molecule has 7 heteroatoms. The van der Waals surface area contributed by atoms with Crippen molar-refractivity contribution >= 4 is 29.0 Å². The fourth-order valence-electron chi connectivity index (χ4n) is 2.73. The van der Waals surface area contributed by atoms with E-state index in [2.05, 4.69) is 22.4 Å². The molecule has 1 aromatic heterocycles. The first-order valence-corrected chi connectivity index (χ1v) is 9.90. The van der Waals surface area contributed by atoms with E-state index in [0.29, 0.717) is 23.2 Å². The third-order valence-corrected chi connectivity index (χ3v) is 5.18. The summed E-state index contributed by atoms with van der Waals surface area (Å²) in [7, 11) is 0. The van der Waals surface area contributed by atoms with E-state index in [1.165, 1.54) is 17.3 Å². The number of nitrogens with two attached hydrogens (primary N) is 1. The summed E-state index contributed by atoms with van der Waals surface area (Å²) in [6.07, 6.45) is 0.977. The number of thioether (sulfide) groups is 1. The number of aryl methyl sites for hydroxylation is 1. The second kappa shape index (κ2) is 8.73. The van der Waals surface area contributed by atoms with Gasteiger partial charge >= 0.3 is 0 Å². The maximum atomic E-state index is 12.3. The summed E-state index contributed by atoms with van der Waals surface area (Å²) in [5.41, 5.74) is 9.61. The first kappa shape index (κ1) is 19.0. The summed E-state index contributed by atoms with van der Waals surface area (Å²) in [5.74, 6) is 0.905. The molecule has 0 unspecified atom stereocenters. The second-order valence-electron chi connectivity index (χ2n) is 6.03. The first-order chi connectivity index (χ1) is 13.1. The number of amides is 1. The highest BCUT2D eigenvalue weighted by Crippen LogP contribution is 2.27. The molecule has 2 aromatic carbocycles. The van der Waals surface area contributed by atoms with E-state index in [4.69, 9.17) is 5.73 Å². The first-order valence-electron chi connectivity index (χ1n) is 8.92. The molecular formula is C20H23N5OS. The minimum atomic E-state index is -0.0734. The van der Waals surface area contributed by atoms with E-state index in [1.807, 2.05) is 60.0 Å². The molecule has 1 amide bonds. The molecule has 3 aromatic rings. The molecule has 0 saturated heterocycles. The monoisotopic (exact) mass is 381 g/mol. The molecule has 3 rings (SSSR count). The van der Waals surface area contributed by atoms with Crippen molar-refractivity contribution in [2.45, 2.75) is 32.0 Å². The predicted molar refractivity (Wildman–Crippen MR) is 111 cm³/mol. The van der Waals surface area contributed by atoms with Gasteiger partial charge in [-0.05, 0) is 43.2 Å². The number of carbonyl (C=O) groups excluding carboxylic acids is 1. The predicted octanol–water partition coefficient (Wildman–Crippen LogP) is 3.84. The van der Waals surface area contributed by atoms with E-state index < -0.39 is 0 Å². The van der Waals surface area contributed by atoms with Crippen molar-refractivity contribution in [1.82, 2.24) is 14.8 Å². The Labute approximate surface area is 163 Å². The summed E-state index contributed by atoms with van der Waals surface area (Å²) in [5, 5.41) is 12.1. The summed E-state index contributed by atoms with van der Waals surface area (Å²) >= 11 is 1.36. The SMILES string of the molecule is CCc1ccc(NC(=O)CSc2nnc(-c3ccccc3N)n2CC)cc1. The van der Waals surface area contributed by atoms with Gasteiger partial charge in [-0.3, -0.25) is 4.79 Å². The average Bonchev–Trinajstić information content (AvgIpc) is 3.10. The van der Waals surface area contributed by atoms with Crippen LogP contribution in [0.15, 0.2) is 53.7 Å².